The summed E-state index contributed by atoms with van der Waals surface area (Å²) in [6.45, 7) is 0. The van der Waals surface area contributed by atoms with Crippen LogP contribution < -0.4 is 14.0 Å². The van der Waals surface area contributed by atoms with Gasteiger partial charge in [-0.25, -0.2) is 0 Å². The number of nitrogens with zero attached hydrogens (tertiary/aromatic N) is 3. The highest BCUT2D eigenvalue weighted by molar-refractivity contribution is 5.78. The predicted molar refractivity (Wildman–Crippen MR) is 35.9 cm³/mol. The molecule has 0 bridgehead atoms. The van der Waals surface area contributed by atoms with Gasteiger partial charge in [0.25, 0.3) is 5.96 Å². The molecule has 13 heavy (non-hydrogen) atoms. The van der Waals surface area contributed by atoms with E-state index >= 15 is 0 Å². The highest BCUT2D eigenvalue weighted by Gasteiger charge is 2.19. The van der Waals surface area contributed by atoms with Crippen LogP contribution in [0.3, 0.4) is 0 Å². The maximum Gasteiger partial charge on any atom is 0.253 e. The van der Waals surface area contributed by atoms with Crippen LogP contribution in [0.5, 0.6) is 0 Å². The SMILES string of the molecule is CN(C)C(=NO[Cl+3]([O-])([O-])[O-])N(C)C. The van der Waals surface area contributed by atoms with E-state index in [1.807, 2.05) is 0 Å². The predicted octanol–water partition coefficient (Wildman–Crippen LogP) is -3.71. The van der Waals surface area contributed by atoms with E-state index in [0.29, 0.717) is 0 Å². The number of hydrogen-bond acceptors (Lipinski definition) is 5. The van der Waals surface area contributed by atoms with Gasteiger partial charge in [-0.1, -0.05) is 0 Å². The van der Waals surface area contributed by atoms with Crippen molar-refractivity contribution in [3.05, 3.63) is 0 Å². The van der Waals surface area contributed by atoms with Crippen molar-refractivity contribution in [2.45, 2.75) is 0 Å². The van der Waals surface area contributed by atoms with Crippen molar-refractivity contribution in [3.63, 3.8) is 0 Å². The van der Waals surface area contributed by atoms with E-state index in [-0.39, 0.29) is 5.96 Å². The summed E-state index contributed by atoms with van der Waals surface area (Å²) in [6, 6.07) is 0. The molecule has 0 aromatic carbocycles. The van der Waals surface area contributed by atoms with Crippen LogP contribution in [0.25, 0.3) is 0 Å². The Hall–Kier alpha value is -0.760. The molecule has 0 rings (SSSR count). The molecule has 8 heteroatoms. The van der Waals surface area contributed by atoms with Crippen LogP contribution in [0.15, 0.2) is 5.16 Å². The number of oxime groups is 1. The molecule has 0 N–H and O–H groups in total. The third-order valence-corrected chi connectivity index (χ3v) is 1.24. The number of hydrogen-bond donors (Lipinski definition) is 0. The first-order chi connectivity index (χ1) is 5.74. The molecule has 0 aromatic heterocycles. The number of guanidine groups is 1. The van der Waals surface area contributed by atoms with E-state index in [4.69, 9.17) is 0 Å². The second kappa shape index (κ2) is 4.47. The normalized spacial score (nSPS) is 10.7. The molecule has 0 spiro atoms. The molecule has 0 amide bonds. The van der Waals surface area contributed by atoms with Gasteiger partial charge < -0.3 is 9.80 Å². The lowest BCUT2D eigenvalue weighted by Gasteiger charge is -2.20. The van der Waals surface area contributed by atoms with Crippen molar-refractivity contribution in [1.82, 2.24) is 9.80 Å². The summed E-state index contributed by atoms with van der Waals surface area (Å²) in [5.74, 6) is 0.215. The lowest BCUT2D eigenvalue weighted by atomic mass is 10.7. The molecule has 0 aliphatic carbocycles. The van der Waals surface area contributed by atoms with E-state index in [2.05, 4.69) is 9.55 Å². The van der Waals surface area contributed by atoms with Crippen LogP contribution in [0.2, 0.25) is 0 Å². The Morgan fingerprint density at radius 1 is 1.08 bits per heavy atom. The Bertz CT molecular complexity index is 179. The highest BCUT2D eigenvalue weighted by Crippen LogP contribution is 1.94. The van der Waals surface area contributed by atoms with Gasteiger partial charge in [0, 0.05) is 28.2 Å². The highest BCUT2D eigenvalue weighted by atomic mass is 35.7. The Labute approximate surface area is 78.5 Å². The minimum absolute atomic E-state index is 0.215. The largest absolute Gasteiger partial charge is 0.346 e. The lowest BCUT2D eigenvalue weighted by molar-refractivity contribution is -1.92. The zero-order valence-corrected chi connectivity index (χ0v) is 8.61. The Balaban J connectivity index is 4.38. The maximum absolute atomic E-state index is 10.0. The molecule has 0 saturated carbocycles. The monoisotopic (exact) mass is 213 g/mol. The number of rotatable bonds is 2. The number of halogens is 1. The van der Waals surface area contributed by atoms with Crippen LogP contribution in [0.1, 0.15) is 0 Å². The van der Waals surface area contributed by atoms with Crippen molar-refractivity contribution in [2.24, 2.45) is 5.16 Å². The third kappa shape index (κ3) is 5.47. The first kappa shape index (κ1) is 12.2. The quantitative estimate of drug-likeness (QED) is 0.266. The second-order valence-electron chi connectivity index (χ2n) is 2.63. The average Bonchev–Trinajstić information content (AvgIpc) is 1.82. The van der Waals surface area contributed by atoms with E-state index in [1.165, 1.54) is 9.80 Å². The van der Waals surface area contributed by atoms with Gasteiger partial charge in [-0.2, -0.15) is 14.0 Å². The van der Waals surface area contributed by atoms with Crippen LogP contribution in [0.4, 0.5) is 0 Å². The summed E-state index contributed by atoms with van der Waals surface area (Å²) in [6.07, 6.45) is 0. The maximum atomic E-state index is 10.0. The van der Waals surface area contributed by atoms with Gasteiger partial charge in [0.05, 0.1) is 4.39 Å². The summed E-state index contributed by atoms with van der Waals surface area (Å²) in [5.41, 5.74) is 0. The summed E-state index contributed by atoms with van der Waals surface area (Å²) in [5, 5.41) is 3.15. The van der Waals surface area contributed by atoms with Gasteiger partial charge >= 0.3 is 0 Å². The molecule has 78 valence electrons. The van der Waals surface area contributed by atoms with Crippen molar-refractivity contribution in [1.29, 1.82) is 0 Å². The zero-order valence-electron chi connectivity index (χ0n) is 7.85. The summed E-state index contributed by atoms with van der Waals surface area (Å²) >= 11 is 0. The molecule has 0 fully saturated rings. The van der Waals surface area contributed by atoms with Crippen molar-refractivity contribution >= 4 is 5.96 Å². The van der Waals surface area contributed by atoms with Gasteiger partial charge in [-0.05, 0) is 0 Å². The smallest absolute Gasteiger partial charge is 0.253 e. The van der Waals surface area contributed by atoms with Gasteiger partial charge in [0.2, 0.25) is 0 Å². The molecular weight excluding hydrogens is 202 g/mol. The van der Waals surface area contributed by atoms with Crippen molar-refractivity contribution in [2.75, 3.05) is 28.2 Å². The fourth-order valence-electron chi connectivity index (χ4n) is 0.636. The Kier molecular flexibility index (Phi) is 4.21. The van der Waals surface area contributed by atoms with E-state index < -0.39 is 10.2 Å². The van der Waals surface area contributed by atoms with Crippen LogP contribution >= 0.6 is 0 Å². The van der Waals surface area contributed by atoms with E-state index in [9.17, 15) is 14.0 Å². The molecule has 0 heterocycles. The van der Waals surface area contributed by atoms with Crippen LogP contribution in [0, 0.1) is 10.2 Å². The molecule has 0 radical (unpaired) electrons. The van der Waals surface area contributed by atoms with Gasteiger partial charge in [-0.15, -0.1) is 0 Å². The lowest BCUT2D eigenvalue weighted by Crippen LogP contribution is -2.60. The first-order valence-electron chi connectivity index (χ1n) is 3.26. The molecule has 0 aliphatic heterocycles. The molecule has 0 atom stereocenters. The van der Waals surface area contributed by atoms with Crippen molar-refractivity contribution in [3.8, 4) is 0 Å². The summed E-state index contributed by atoms with van der Waals surface area (Å²) in [7, 11) is 2.03. The van der Waals surface area contributed by atoms with Gasteiger partial charge in [0.1, 0.15) is 5.16 Å². The molecular formula is C5H12ClN3O4. The molecule has 0 saturated heterocycles. The summed E-state index contributed by atoms with van der Waals surface area (Å²) in [4.78, 5) is 3.00. The molecule has 0 unspecified atom stereocenters. The second-order valence-corrected chi connectivity index (χ2v) is 3.52. The zero-order chi connectivity index (χ0) is 10.6. The summed E-state index contributed by atoms with van der Waals surface area (Å²) < 4.78 is 33.8. The third-order valence-electron chi connectivity index (χ3n) is 1.00. The van der Waals surface area contributed by atoms with Crippen molar-refractivity contribution < 1.29 is 28.6 Å². The van der Waals surface area contributed by atoms with E-state index in [0.717, 1.165) is 0 Å². The minimum Gasteiger partial charge on any atom is -0.346 e. The van der Waals surface area contributed by atoms with E-state index in [1.54, 1.807) is 28.2 Å². The fraction of sp³-hybridized carbons (Fsp3) is 0.800. The fourth-order valence-corrected chi connectivity index (χ4v) is 0.783. The minimum atomic E-state index is -4.51. The van der Waals surface area contributed by atoms with Crippen LogP contribution in [-0.4, -0.2) is 44.0 Å². The first-order valence-corrected chi connectivity index (χ1v) is 4.49. The topological polar surface area (TPSA) is 97.2 Å². The molecule has 0 aliphatic rings. The standard InChI is InChI=1S/C5H12ClN3O4/c1-8(2)5(9(3)4)7-13-6(10,11)12/h1-4H3. The van der Waals surface area contributed by atoms with Gasteiger partial charge in [0.15, 0.2) is 10.2 Å². The average molecular weight is 214 g/mol. The Morgan fingerprint density at radius 3 is 1.69 bits per heavy atom. The molecule has 7 nitrogen and oxygen atoms in total. The van der Waals surface area contributed by atoms with Gasteiger partial charge in [-0.3, -0.25) is 0 Å². The Morgan fingerprint density at radius 2 is 1.46 bits per heavy atom. The molecule has 0 aromatic rings. The van der Waals surface area contributed by atoms with Crippen LogP contribution in [-0.2, 0) is 4.39 Å².